The molecule has 7 nitrogen and oxygen atoms in total. The molecule has 5 aliphatic rings. The molecule has 0 radical (unpaired) electrons. The SMILES string of the molecule is C=Nc1cc2c(cc1/C=C/CN1CCCNC3(CCCC3)C1=O)CCC1(C2)C(=O)NC2=C1CC=CC=N2. The van der Waals surface area contributed by atoms with E-state index in [9.17, 15) is 9.59 Å². The minimum absolute atomic E-state index is 0.0596. The number of allylic oxidation sites excluding steroid dienone is 2. The van der Waals surface area contributed by atoms with Crippen LogP contribution >= 0.6 is 0 Å². The highest BCUT2D eigenvalue weighted by atomic mass is 16.2. The molecular formula is C30H35N5O2. The lowest BCUT2D eigenvalue weighted by molar-refractivity contribution is -0.136. The Bertz CT molecular complexity index is 1270. The van der Waals surface area contributed by atoms with E-state index in [1.165, 1.54) is 5.56 Å². The van der Waals surface area contributed by atoms with Crippen LogP contribution in [0.4, 0.5) is 5.69 Å². The summed E-state index contributed by atoms with van der Waals surface area (Å²) in [5, 5.41) is 6.59. The van der Waals surface area contributed by atoms with Crippen molar-refractivity contribution in [1.82, 2.24) is 15.5 Å². The van der Waals surface area contributed by atoms with E-state index in [0.717, 1.165) is 92.7 Å². The van der Waals surface area contributed by atoms with Gasteiger partial charge in [-0.25, -0.2) is 4.99 Å². The fourth-order valence-corrected chi connectivity index (χ4v) is 6.94. The third-order valence-corrected chi connectivity index (χ3v) is 8.96. The van der Waals surface area contributed by atoms with E-state index in [-0.39, 0.29) is 17.4 Å². The normalized spacial score (nSPS) is 26.5. The highest BCUT2D eigenvalue weighted by molar-refractivity contribution is 5.93. The monoisotopic (exact) mass is 497 g/mol. The van der Waals surface area contributed by atoms with E-state index in [0.29, 0.717) is 13.0 Å². The Morgan fingerprint density at radius 1 is 1.14 bits per heavy atom. The summed E-state index contributed by atoms with van der Waals surface area (Å²) in [6.07, 6.45) is 18.0. The van der Waals surface area contributed by atoms with Crippen LogP contribution in [0.1, 0.15) is 61.6 Å². The summed E-state index contributed by atoms with van der Waals surface area (Å²) in [7, 11) is 0. The Morgan fingerprint density at radius 3 is 2.84 bits per heavy atom. The van der Waals surface area contributed by atoms with Crippen LogP contribution in [0.3, 0.4) is 0 Å². The average molecular weight is 498 g/mol. The van der Waals surface area contributed by atoms with Gasteiger partial charge in [-0.3, -0.25) is 14.6 Å². The summed E-state index contributed by atoms with van der Waals surface area (Å²) in [5.41, 5.74) is 4.45. The Balaban J connectivity index is 1.22. The molecule has 2 spiro atoms. The second-order valence-corrected chi connectivity index (χ2v) is 11.0. The first kappa shape index (κ1) is 24.0. The first-order valence-corrected chi connectivity index (χ1v) is 13.6. The first-order chi connectivity index (χ1) is 18.0. The molecule has 1 saturated heterocycles. The number of hydrogen-bond donors (Lipinski definition) is 2. The molecule has 2 fully saturated rings. The Labute approximate surface area is 218 Å². The molecule has 3 aliphatic heterocycles. The van der Waals surface area contributed by atoms with Crippen LogP contribution in [0.2, 0.25) is 0 Å². The number of hydrogen-bond acceptors (Lipinski definition) is 5. The number of fused-ring (bicyclic) bond motifs is 2. The molecule has 1 aromatic rings. The fourth-order valence-electron chi connectivity index (χ4n) is 6.94. The molecule has 2 N–H and O–H groups in total. The number of amides is 2. The smallest absolute Gasteiger partial charge is 0.243 e. The van der Waals surface area contributed by atoms with Gasteiger partial charge in [0.2, 0.25) is 11.8 Å². The molecule has 1 aromatic carbocycles. The van der Waals surface area contributed by atoms with E-state index in [2.05, 4.69) is 57.7 Å². The van der Waals surface area contributed by atoms with Gasteiger partial charge in [0.05, 0.1) is 16.6 Å². The van der Waals surface area contributed by atoms with Crippen molar-refractivity contribution in [3.05, 3.63) is 58.4 Å². The highest BCUT2D eigenvalue weighted by Gasteiger charge is 2.50. The van der Waals surface area contributed by atoms with E-state index in [1.54, 1.807) is 6.21 Å². The predicted octanol–water partition coefficient (Wildman–Crippen LogP) is 4.01. The molecule has 1 unspecified atom stereocenters. The number of aryl methyl sites for hydroxylation is 1. The number of benzene rings is 1. The van der Waals surface area contributed by atoms with Gasteiger partial charge in [-0.05, 0) is 93.1 Å². The van der Waals surface area contributed by atoms with Crippen molar-refractivity contribution in [3.63, 3.8) is 0 Å². The van der Waals surface area contributed by atoms with Gasteiger partial charge in [-0.15, -0.1) is 0 Å². The lowest BCUT2D eigenvalue weighted by atomic mass is 9.66. The third kappa shape index (κ3) is 4.09. The lowest BCUT2D eigenvalue weighted by Crippen LogP contribution is -2.54. The zero-order valence-electron chi connectivity index (χ0n) is 21.4. The largest absolute Gasteiger partial charge is 0.337 e. The molecule has 1 atom stereocenters. The Hall–Kier alpha value is -3.32. The van der Waals surface area contributed by atoms with Crippen molar-refractivity contribution >= 4 is 36.5 Å². The van der Waals surface area contributed by atoms with Gasteiger partial charge in [0, 0.05) is 24.9 Å². The predicted molar refractivity (Wildman–Crippen MR) is 147 cm³/mol. The molecule has 37 heavy (non-hydrogen) atoms. The second kappa shape index (κ2) is 9.53. The fraction of sp³-hybridized carbons (Fsp3) is 0.467. The van der Waals surface area contributed by atoms with Gasteiger partial charge < -0.3 is 15.5 Å². The Kier molecular flexibility index (Phi) is 6.19. The van der Waals surface area contributed by atoms with Crippen molar-refractivity contribution in [2.45, 2.75) is 63.3 Å². The van der Waals surface area contributed by atoms with Crippen molar-refractivity contribution in [2.24, 2.45) is 15.4 Å². The summed E-state index contributed by atoms with van der Waals surface area (Å²) in [6, 6.07) is 4.29. The van der Waals surface area contributed by atoms with Crippen molar-refractivity contribution in [2.75, 3.05) is 19.6 Å². The summed E-state index contributed by atoms with van der Waals surface area (Å²) in [5.74, 6) is 1.04. The summed E-state index contributed by atoms with van der Waals surface area (Å²) >= 11 is 0. The van der Waals surface area contributed by atoms with Crippen LogP contribution in [0, 0.1) is 5.41 Å². The molecular weight excluding hydrogens is 462 g/mol. The zero-order valence-corrected chi connectivity index (χ0v) is 21.4. The minimum atomic E-state index is -0.540. The summed E-state index contributed by atoms with van der Waals surface area (Å²) < 4.78 is 0. The highest BCUT2D eigenvalue weighted by Crippen LogP contribution is 2.48. The van der Waals surface area contributed by atoms with E-state index >= 15 is 0 Å². The summed E-state index contributed by atoms with van der Waals surface area (Å²) in [4.78, 5) is 37.3. The molecule has 3 heterocycles. The summed E-state index contributed by atoms with van der Waals surface area (Å²) in [6.45, 7) is 6.11. The van der Waals surface area contributed by atoms with Gasteiger partial charge in [0.25, 0.3) is 0 Å². The van der Waals surface area contributed by atoms with Gasteiger partial charge in [-0.2, -0.15) is 0 Å². The number of nitrogens with zero attached hydrogens (tertiary/aromatic N) is 3. The Morgan fingerprint density at radius 2 is 2.00 bits per heavy atom. The van der Waals surface area contributed by atoms with Crippen LogP contribution in [-0.4, -0.2) is 54.8 Å². The number of nitrogens with one attached hydrogen (secondary N) is 2. The molecule has 192 valence electrons. The molecule has 2 aliphatic carbocycles. The number of carbonyl (C=O) groups excluding carboxylic acids is 2. The van der Waals surface area contributed by atoms with Crippen molar-refractivity contribution in [1.29, 1.82) is 0 Å². The number of aliphatic imine (C=N–C) groups is 2. The van der Waals surface area contributed by atoms with Crippen LogP contribution in [0.15, 0.2) is 51.7 Å². The standard InChI is InChI=1S/C30H35N5O2/c1-31-25-19-23-20-29(24-9-2-5-14-32-26(24)34-27(29)36)13-10-21(23)18-22(25)8-6-16-35-17-7-15-33-30(28(35)37)11-3-4-12-30/h2,5-6,8,14,18-19,33H,1,3-4,7,9-13,15-17,20H2,(H,34,36)/b8-6+. The molecule has 2 amide bonds. The molecule has 0 bridgehead atoms. The van der Waals surface area contributed by atoms with E-state index in [4.69, 9.17) is 0 Å². The maximum Gasteiger partial charge on any atom is 0.243 e. The van der Waals surface area contributed by atoms with Crippen LogP contribution in [-0.2, 0) is 22.4 Å². The van der Waals surface area contributed by atoms with Gasteiger partial charge in [0.15, 0.2) is 0 Å². The molecule has 7 heteroatoms. The second-order valence-electron chi connectivity index (χ2n) is 11.0. The third-order valence-electron chi connectivity index (χ3n) is 8.96. The first-order valence-electron chi connectivity index (χ1n) is 13.6. The topological polar surface area (TPSA) is 86.2 Å². The maximum atomic E-state index is 13.3. The van der Waals surface area contributed by atoms with Crippen molar-refractivity contribution < 1.29 is 9.59 Å². The zero-order chi connectivity index (χ0) is 25.5. The van der Waals surface area contributed by atoms with E-state index < -0.39 is 5.41 Å². The van der Waals surface area contributed by atoms with Crippen LogP contribution in [0.25, 0.3) is 6.08 Å². The van der Waals surface area contributed by atoms with Crippen LogP contribution in [0.5, 0.6) is 0 Å². The average Bonchev–Trinajstić information content (AvgIpc) is 3.33. The van der Waals surface area contributed by atoms with Gasteiger partial charge in [0.1, 0.15) is 5.82 Å². The van der Waals surface area contributed by atoms with Gasteiger partial charge >= 0.3 is 0 Å². The number of carbonyl (C=O) groups is 2. The minimum Gasteiger partial charge on any atom is -0.337 e. The molecule has 1 saturated carbocycles. The quantitative estimate of drug-likeness (QED) is 0.617. The maximum absolute atomic E-state index is 13.3. The van der Waals surface area contributed by atoms with E-state index in [1.807, 2.05) is 11.0 Å². The van der Waals surface area contributed by atoms with Gasteiger partial charge in [-0.1, -0.05) is 31.1 Å². The molecule has 6 rings (SSSR count). The lowest BCUT2D eigenvalue weighted by Gasteiger charge is -2.35. The van der Waals surface area contributed by atoms with Crippen LogP contribution < -0.4 is 10.6 Å². The van der Waals surface area contributed by atoms with Crippen molar-refractivity contribution in [3.8, 4) is 0 Å². The molecule has 0 aromatic heterocycles. The number of rotatable bonds is 4.